The molecule has 30 heavy (non-hydrogen) atoms. The van der Waals surface area contributed by atoms with Gasteiger partial charge in [-0.05, 0) is 36.8 Å². The molecule has 0 saturated heterocycles. The van der Waals surface area contributed by atoms with E-state index in [9.17, 15) is 14.7 Å². The number of pyridine rings is 1. The van der Waals surface area contributed by atoms with Crippen molar-refractivity contribution >= 4 is 22.6 Å². The van der Waals surface area contributed by atoms with Crippen molar-refractivity contribution in [3.05, 3.63) is 70.1 Å². The molecule has 150 valence electrons. The molecule has 1 aliphatic heterocycles. The summed E-state index contributed by atoms with van der Waals surface area (Å²) in [4.78, 5) is 28.0. The molecular weight excluding hydrogens is 388 g/mol. The van der Waals surface area contributed by atoms with E-state index in [1.54, 1.807) is 18.2 Å². The number of benzene rings is 2. The van der Waals surface area contributed by atoms with Gasteiger partial charge in [0.05, 0.1) is 17.3 Å². The Morgan fingerprint density at radius 2 is 2.03 bits per heavy atom. The highest BCUT2D eigenvalue weighted by Crippen LogP contribution is 2.34. The molecule has 0 fully saturated rings. The smallest absolute Gasteiger partial charge is 0.266 e. The van der Waals surface area contributed by atoms with Crippen molar-refractivity contribution in [2.75, 3.05) is 12.1 Å². The Morgan fingerprint density at radius 1 is 1.20 bits per heavy atom. The van der Waals surface area contributed by atoms with Gasteiger partial charge in [-0.2, -0.15) is 5.10 Å². The van der Waals surface area contributed by atoms with Crippen LogP contribution in [0.1, 0.15) is 15.9 Å². The molecule has 2 aromatic heterocycles. The zero-order valence-electron chi connectivity index (χ0n) is 15.8. The van der Waals surface area contributed by atoms with Gasteiger partial charge in [0.15, 0.2) is 11.5 Å². The van der Waals surface area contributed by atoms with Crippen LogP contribution in [-0.4, -0.2) is 32.6 Å². The summed E-state index contributed by atoms with van der Waals surface area (Å²) in [5, 5.41) is 17.8. The number of hydrogen-bond donors (Lipinski definition) is 3. The Bertz CT molecular complexity index is 1370. The van der Waals surface area contributed by atoms with E-state index in [4.69, 9.17) is 9.47 Å². The van der Waals surface area contributed by atoms with Gasteiger partial charge in [-0.1, -0.05) is 12.1 Å². The van der Waals surface area contributed by atoms with Gasteiger partial charge >= 0.3 is 0 Å². The van der Waals surface area contributed by atoms with Gasteiger partial charge in [-0.25, -0.2) is 4.68 Å². The van der Waals surface area contributed by atoms with E-state index < -0.39 is 22.8 Å². The van der Waals surface area contributed by atoms with Crippen LogP contribution >= 0.6 is 0 Å². The zero-order chi connectivity index (χ0) is 20.8. The Hall–Kier alpha value is -4.27. The highest BCUT2D eigenvalue weighted by atomic mass is 16.7. The minimum absolute atomic E-state index is 0.106. The Labute approximate surface area is 169 Å². The van der Waals surface area contributed by atoms with Crippen LogP contribution in [0, 0.1) is 6.92 Å². The number of anilines is 1. The molecule has 0 spiro atoms. The van der Waals surface area contributed by atoms with Crippen molar-refractivity contribution in [3.8, 4) is 22.9 Å². The molecule has 0 saturated carbocycles. The van der Waals surface area contributed by atoms with E-state index in [1.807, 2.05) is 31.2 Å². The zero-order valence-corrected chi connectivity index (χ0v) is 15.8. The minimum Gasteiger partial charge on any atom is -0.506 e. The van der Waals surface area contributed by atoms with E-state index >= 15 is 0 Å². The number of amides is 1. The van der Waals surface area contributed by atoms with E-state index in [0.29, 0.717) is 22.8 Å². The standard InChI is InChI=1S/C21H16N4O5/c1-11-3-2-4-13(7-11)25-19-14(9-22-25)18(26)17(21(28)24-19)20(27)23-12-5-6-15-16(8-12)30-10-29-15/h2-9H,10H2,1H3,(H,23,27)(H2,24,26,28). The first-order valence-corrected chi connectivity index (χ1v) is 9.12. The van der Waals surface area contributed by atoms with Crippen LogP contribution in [0.5, 0.6) is 17.2 Å². The van der Waals surface area contributed by atoms with Gasteiger partial charge < -0.3 is 24.9 Å². The second-order valence-corrected chi connectivity index (χ2v) is 6.86. The Morgan fingerprint density at radius 3 is 2.87 bits per heavy atom. The molecule has 0 radical (unpaired) electrons. The van der Waals surface area contributed by atoms with Gasteiger partial charge in [0.1, 0.15) is 17.0 Å². The van der Waals surface area contributed by atoms with E-state index in [2.05, 4.69) is 15.4 Å². The van der Waals surface area contributed by atoms with E-state index in [0.717, 1.165) is 11.3 Å². The molecule has 4 aromatic rings. The lowest BCUT2D eigenvalue weighted by Crippen LogP contribution is -2.23. The number of aryl methyl sites for hydroxylation is 1. The van der Waals surface area contributed by atoms with Crippen LogP contribution in [0.4, 0.5) is 5.69 Å². The first-order valence-electron chi connectivity index (χ1n) is 9.12. The summed E-state index contributed by atoms with van der Waals surface area (Å²) in [6.45, 7) is 2.04. The second-order valence-electron chi connectivity index (χ2n) is 6.86. The predicted molar refractivity (Wildman–Crippen MR) is 109 cm³/mol. The fraction of sp³-hybridized carbons (Fsp3) is 0.0952. The highest BCUT2D eigenvalue weighted by molar-refractivity contribution is 6.08. The van der Waals surface area contributed by atoms with Gasteiger partial charge in [0, 0.05) is 11.8 Å². The summed E-state index contributed by atoms with van der Waals surface area (Å²) in [7, 11) is 0. The number of aromatic hydroxyl groups is 1. The lowest BCUT2D eigenvalue weighted by Gasteiger charge is -2.09. The molecule has 0 bridgehead atoms. The van der Waals surface area contributed by atoms with Crippen molar-refractivity contribution < 1.29 is 19.4 Å². The average molecular weight is 404 g/mol. The quantitative estimate of drug-likeness (QED) is 0.483. The maximum atomic E-state index is 12.7. The summed E-state index contributed by atoms with van der Waals surface area (Å²) in [6.07, 6.45) is 1.40. The number of fused-ring (bicyclic) bond motifs is 2. The van der Waals surface area contributed by atoms with Crippen LogP contribution in [-0.2, 0) is 0 Å². The first-order chi connectivity index (χ1) is 14.5. The third kappa shape index (κ3) is 2.84. The third-order valence-electron chi connectivity index (χ3n) is 4.82. The summed E-state index contributed by atoms with van der Waals surface area (Å²) in [5.41, 5.74) is 1.30. The molecule has 9 heteroatoms. The molecule has 3 heterocycles. The molecule has 0 atom stereocenters. The minimum atomic E-state index is -0.752. The van der Waals surface area contributed by atoms with Crippen LogP contribution in [0.25, 0.3) is 16.7 Å². The molecule has 2 aromatic carbocycles. The molecule has 3 N–H and O–H groups in total. The number of aromatic nitrogens is 3. The topological polar surface area (TPSA) is 118 Å². The van der Waals surface area contributed by atoms with Crippen molar-refractivity contribution in [1.82, 2.24) is 14.8 Å². The number of ether oxygens (including phenoxy) is 2. The SMILES string of the molecule is Cc1cccc(-n2ncc3c(O)c(C(=O)Nc4ccc5c(c4)OCO5)c(=O)[nH]c32)c1. The van der Waals surface area contributed by atoms with Crippen molar-refractivity contribution in [2.45, 2.75) is 6.92 Å². The summed E-state index contributed by atoms with van der Waals surface area (Å²) >= 11 is 0. The van der Waals surface area contributed by atoms with Crippen molar-refractivity contribution in [3.63, 3.8) is 0 Å². The fourth-order valence-corrected chi connectivity index (χ4v) is 3.39. The van der Waals surface area contributed by atoms with Crippen LogP contribution in [0.15, 0.2) is 53.5 Å². The number of nitrogens with zero attached hydrogens (tertiary/aromatic N) is 2. The third-order valence-corrected chi connectivity index (χ3v) is 4.82. The maximum absolute atomic E-state index is 12.7. The normalized spacial score (nSPS) is 12.3. The van der Waals surface area contributed by atoms with Gasteiger partial charge in [0.2, 0.25) is 6.79 Å². The number of H-pyrrole nitrogens is 1. The number of hydrogen-bond acceptors (Lipinski definition) is 6. The Kier molecular flexibility index (Phi) is 3.95. The molecular formula is C21H16N4O5. The number of carbonyl (C=O) groups excluding carboxylic acids is 1. The van der Waals surface area contributed by atoms with E-state index in [1.165, 1.54) is 10.9 Å². The molecule has 1 amide bonds. The summed E-state index contributed by atoms with van der Waals surface area (Å²) in [5.74, 6) is -0.136. The number of nitrogens with one attached hydrogen (secondary N) is 2. The average Bonchev–Trinajstić information content (AvgIpc) is 3.34. The van der Waals surface area contributed by atoms with Crippen LogP contribution in [0.2, 0.25) is 0 Å². The summed E-state index contributed by atoms with van der Waals surface area (Å²) < 4.78 is 12.0. The lowest BCUT2D eigenvalue weighted by molar-refractivity contribution is 0.102. The van der Waals surface area contributed by atoms with Gasteiger partial charge in [0.25, 0.3) is 11.5 Å². The Balaban J connectivity index is 1.54. The van der Waals surface area contributed by atoms with E-state index in [-0.39, 0.29) is 12.2 Å². The number of rotatable bonds is 3. The largest absolute Gasteiger partial charge is 0.506 e. The molecule has 9 nitrogen and oxygen atoms in total. The lowest BCUT2D eigenvalue weighted by atomic mass is 10.1. The second kappa shape index (κ2) is 6.66. The fourth-order valence-electron chi connectivity index (χ4n) is 3.39. The molecule has 5 rings (SSSR count). The van der Waals surface area contributed by atoms with Gasteiger partial charge in [-0.15, -0.1) is 0 Å². The summed E-state index contributed by atoms with van der Waals surface area (Å²) in [6, 6.07) is 12.4. The van der Waals surface area contributed by atoms with Gasteiger partial charge in [-0.3, -0.25) is 9.59 Å². The number of carbonyl (C=O) groups is 1. The predicted octanol–water partition coefficient (Wildman–Crippen LogP) is 2.71. The first kappa shape index (κ1) is 17.8. The molecule has 0 aliphatic carbocycles. The molecule has 0 unspecified atom stereocenters. The van der Waals surface area contributed by atoms with Crippen molar-refractivity contribution in [1.29, 1.82) is 0 Å². The maximum Gasteiger partial charge on any atom is 0.266 e. The molecule has 1 aliphatic rings. The highest BCUT2D eigenvalue weighted by Gasteiger charge is 2.23. The van der Waals surface area contributed by atoms with Crippen LogP contribution in [0.3, 0.4) is 0 Å². The van der Waals surface area contributed by atoms with Crippen molar-refractivity contribution in [2.24, 2.45) is 0 Å². The number of aromatic amines is 1. The monoisotopic (exact) mass is 404 g/mol. The van der Waals surface area contributed by atoms with Crippen LogP contribution < -0.4 is 20.3 Å².